The topological polar surface area (TPSA) is 72.7 Å². The van der Waals surface area contributed by atoms with Gasteiger partial charge in [-0.2, -0.15) is 0 Å². The van der Waals surface area contributed by atoms with Crippen LogP contribution in [-0.2, 0) is 4.74 Å². The number of hydrogen-bond donors (Lipinski definition) is 1. The van der Waals surface area contributed by atoms with Gasteiger partial charge in [0.05, 0.1) is 30.2 Å². The van der Waals surface area contributed by atoms with Crippen LogP contribution in [0.25, 0.3) is 5.52 Å². The number of pyridine rings is 1. The Bertz CT molecular complexity index is 853. The summed E-state index contributed by atoms with van der Waals surface area (Å²) in [7, 11) is 0. The molecule has 0 bridgehead atoms. The molecule has 1 N–H and O–H groups in total. The van der Waals surface area contributed by atoms with Crippen molar-refractivity contribution in [2.45, 2.75) is 6.92 Å². The largest absolute Gasteiger partial charge is 0.462 e. The molecule has 3 rings (SSSR count). The van der Waals surface area contributed by atoms with Crippen molar-refractivity contribution in [1.29, 1.82) is 0 Å². The Balaban J connectivity index is 1.73. The molecule has 116 valence electrons. The maximum Gasteiger partial charge on any atom is 0.338 e. The van der Waals surface area contributed by atoms with Crippen LogP contribution in [0.5, 0.6) is 0 Å². The Morgan fingerprint density at radius 3 is 2.70 bits per heavy atom. The van der Waals surface area contributed by atoms with Gasteiger partial charge in [-0.15, -0.1) is 0 Å². The first-order valence-electron chi connectivity index (χ1n) is 7.17. The fraction of sp³-hybridized carbons (Fsp3) is 0.118. The van der Waals surface area contributed by atoms with E-state index in [1.807, 2.05) is 4.40 Å². The molecule has 1 aromatic carbocycles. The highest BCUT2D eigenvalue weighted by molar-refractivity contribution is 6.05. The van der Waals surface area contributed by atoms with Gasteiger partial charge in [0.2, 0.25) is 0 Å². The lowest BCUT2D eigenvalue weighted by molar-refractivity contribution is 0.0526. The third-order valence-electron chi connectivity index (χ3n) is 3.33. The molecule has 0 aliphatic carbocycles. The minimum Gasteiger partial charge on any atom is -0.462 e. The van der Waals surface area contributed by atoms with E-state index < -0.39 is 0 Å². The third kappa shape index (κ3) is 3.21. The van der Waals surface area contributed by atoms with Gasteiger partial charge < -0.3 is 14.5 Å². The molecule has 0 aliphatic rings. The number of hydrogen-bond acceptors (Lipinski definition) is 4. The summed E-state index contributed by atoms with van der Waals surface area (Å²) in [5.74, 6) is -0.603. The first-order chi connectivity index (χ1) is 11.2. The lowest BCUT2D eigenvalue weighted by atomic mass is 10.2. The quantitative estimate of drug-likeness (QED) is 0.752. The average Bonchev–Trinajstić information content (AvgIpc) is 3.03. The van der Waals surface area contributed by atoms with E-state index in [4.69, 9.17) is 4.74 Å². The number of amides is 1. The first-order valence-corrected chi connectivity index (χ1v) is 7.17. The van der Waals surface area contributed by atoms with Gasteiger partial charge in [-0.3, -0.25) is 4.79 Å². The van der Waals surface area contributed by atoms with Crippen LogP contribution in [0, 0.1) is 0 Å². The van der Waals surface area contributed by atoms with Crippen molar-refractivity contribution in [2.75, 3.05) is 11.9 Å². The number of esters is 1. The van der Waals surface area contributed by atoms with Gasteiger partial charge in [0.15, 0.2) is 0 Å². The first kappa shape index (κ1) is 14.8. The highest BCUT2D eigenvalue weighted by Gasteiger charge is 2.09. The van der Waals surface area contributed by atoms with Gasteiger partial charge in [-0.25, -0.2) is 9.78 Å². The van der Waals surface area contributed by atoms with Crippen molar-refractivity contribution in [3.05, 3.63) is 66.2 Å². The molecular weight excluding hydrogens is 294 g/mol. The summed E-state index contributed by atoms with van der Waals surface area (Å²) in [5, 5.41) is 2.79. The molecule has 0 atom stereocenters. The number of anilines is 1. The van der Waals surface area contributed by atoms with Crippen LogP contribution >= 0.6 is 0 Å². The minimum absolute atomic E-state index is 0.224. The molecule has 0 saturated heterocycles. The number of rotatable bonds is 4. The van der Waals surface area contributed by atoms with Gasteiger partial charge >= 0.3 is 5.97 Å². The van der Waals surface area contributed by atoms with E-state index >= 15 is 0 Å². The summed E-state index contributed by atoms with van der Waals surface area (Å²) < 4.78 is 6.74. The maximum atomic E-state index is 12.3. The van der Waals surface area contributed by atoms with E-state index in [1.54, 1.807) is 62.0 Å². The summed E-state index contributed by atoms with van der Waals surface area (Å²) >= 11 is 0. The number of fused-ring (bicyclic) bond motifs is 1. The summed E-state index contributed by atoms with van der Waals surface area (Å²) in [6.07, 6.45) is 5.14. The molecule has 0 radical (unpaired) electrons. The minimum atomic E-state index is -0.378. The second-order valence-electron chi connectivity index (χ2n) is 4.89. The molecule has 0 unspecified atom stereocenters. The normalized spacial score (nSPS) is 10.5. The van der Waals surface area contributed by atoms with Crippen molar-refractivity contribution < 1.29 is 14.3 Å². The van der Waals surface area contributed by atoms with Crippen LogP contribution in [0.2, 0.25) is 0 Å². The van der Waals surface area contributed by atoms with Gasteiger partial charge in [0, 0.05) is 17.4 Å². The number of ether oxygens (including phenoxy) is 1. The monoisotopic (exact) mass is 309 g/mol. The van der Waals surface area contributed by atoms with Crippen molar-refractivity contribution in [2.24, 2.45) is 0 Å². The zero-order valence-corrected chi connectivity index (χ0v) is 12.5. The second-order valence-corrected chi connectivity index (χ2v) is 4.89. The average molecular weight is 309 g/mol. The maximum absolute atomic E-state index is 12.3. The number of carbonyl (C=O) groups excluding carboxylic acids is 2. The molecule has 2 heterocycles. The Morgan fingerprint density at radius 2 is 1.96 bits per heavy atom. The fourth-order valence-electron chi connectivity index (χ4n) is 2.17. The van der Waals surface area contributed by atoms with E-state index in [9.17, 15) is 9.59 Å². The van der Waals surface area contributed by atoms with E-state index in [0.717, 1.165) is 5.52 Å². The number of nitrogens with one attached hydrogen (secondary N) is 1. The Hall–Kier alpha value is -3.15. The Morgan fingerprint density at radius 1 is 1.17 bits per heavy atom. The van der Waals surface area contributed by atoms with Crippen LogP contribution in [0.1, 0.15) is 27.6 Å². The summed E-state index contributed by atoms with van der Waals surface area (Å²) in [4.78, 5) is 27.9. The number of nitrogens with zero attached hydrogens (tertiary/aromatic N) is 2. The predicted octanol–water partition coefficient (Wildman–Crippen LogP) is 2.76. The zero-order chi connectivity index (χ0) is 16.2. The molecule has 6 heteroatoms. The second kappa shape index (κ2) is 6.31. The third-order valence-corrected chi connectivity index (χ3v) is 3.33. The van der Waals surface area contributed by atoms with Gasteiger partial charge in [0.25, 0.3) is 5.91 Å². The van der Waals surface area contributed by atoms with Crippen molar-refractivity contribution >= 4 is 23.1 Å². The molecule has 0 aliphatic heterocycles. The van der Waals surface area contributed by atoms with Crippen LogP contribution in [0.3, 0.4) is 0 Å². The molecule has 23 heavy (non-hydrogen) atoms. The number of aromatic nitrogens is 2. The summed E-state index contributed by atoms with van der Waals surface area (Å²) in [6, 6.07) is 10.1. The number of carbonyl (C=O) groups is 2. The number of benzene rings is 1. The van der Waals surface area contributed by atoms with Gasteiger partial charge in [0.1, 0.15) is 0 Å². The highest BCUT2D eigenvalue weighted by atomic mass is 16.5. The van der Waals surface area contributed by atoms with Crippen LogP contribution < -0.4 is 5.32 Å². The fourth-order valence-corrected chi connectivity index (χ4v) is 2.17. The van der Waals surface area contributed by atoms with Crippen molar-refractivity contribution in [1.82, 2.24) is 9.38 Å². The lowest BCUT2D eigenvalue weighted by Crippen LogP contribution is -2.12. The van der Waals surface area contributed by atoms with Crippen molar-refractivity contribution in [3.8, 4) is 0 Å². The van der Waals surface area contributed by atoms with E-state index in [2.05, 4.69) is 10.3 Å². The zero-order valence-electron chi connectivity index (χ0n) is 12.5. The molecule has 1 amide bonds. The highest BCUT2D eigenvalue weighted by Crippen LogP contribution is 2.13. The standard InChI is InChI=1S/C17H15N3O3/c1-2-23-17(22)12-3-5-14(6-4-12)19-16(21)13-7-8-20-11-18-10-15(20)9-13/h3-11H,2H2,1H3,(H,19,21). The van der Waals surface area contributed by atoms with E-state index in [1.165, 1.54) is 0 Å². The molecule has 2 aromatic heterocycles. The molecular formula is C17H15N3O3. The number of imidazole rings is 1. The molecule has 3 aromatic rings. The molecule has 0 saturated carbocycles. The van der Waals surface area contributed by atoms with Gasteiger partial charge in [-0.1, -0.05) is 0 Å². The van der Waals surface area contributed by atoms with Crippen LogP contribution in [0.4, 0.5) is 5.69 Å². The van der Waals surface area contributed by atoms with E-state index in [0.29, 0.717) is 23.4 Å². The van der Waals surface area contributed by atoms with Crippen molar-refractivity contribution in [3.63, 3.8) is 0 Å². The van der Waals surface area contributed by atoms with Crippen LogP contribution in [0.15, 0.2) is 55.1 Å². The SMILES string of the molecule is CCOC(=O)c1ccc(NC(=O)c2ccn3cncc3c2)cc1. The molecule has 0 spiro atoms. The lowest BCUT2D eigenvalue weighted by Gasteiger charge is -2.07. The predicted molar refractivity (Wildman–Crippen MR) is 85.5 cm³/mol. The van der Waals surface area contributed by atoms with Crippen LogP contribution in [-0.4, -0.2) is 27.9 Å². The molecule has 6 nitrogen and oxygen atoms in total. The summed E-state index contributed by atoms with van der Waals surface area (Å²) in [6.45, 7) is 2.08. The van der Waals surface area contributed by atoms with E-state index in [-0.39, 0.29) is 11.9 Å². The smallest absolute Gasteiger partial charge is 0.338 e. The Labute approximate surface area is 132 Å². The molecule has 0 fully saturated rings. The Kier molecular flexibility index (Phi) is 4.05. The van der Waals surface area contributed by atoms with Gasteiger partial charge in [-0.05, 0) is 43.3 Å². The summed E-state index contributed by atoms with van der Waals surface area (Å²) in [5.41, 5.74) is 2.43.